The van der Waals surface area contributed by atoms with Crippen LogP contribution in [0.5, 0.6) is 0 Å². The SMILES string of the molecule is O=S1(=O)CCC(N(Cc2cccs2)C(=S)Nc2ccccc2)C1. The first-order chi connectivity index (χ1) is 11.0. The number of thiophene rings is 1. The van der Waals surface area contributed by atoms with Gasteiger partial charge in [0.1, 0.15) is 0 Å². The summed E-state index contributed by atoms with van der Waals surface area (Å²) in [5.41, 5.74) is 0.912. The molecule has 0 radical (unpaired) electrons. The van der Waals surface area contributed by atoms with Crippen molar-refractivity contribution in [1.82, 2.24) is 4.90 Å². The maximum Gasteiger partial charge on any atom is 0.174 e. The fourth-order valence-electron chi connectivity index (χ4n) is 2.68. The number of sulfone groups is 1. The van der Waals surface area contributed by atoms with Crippen molar-refractivity contribution in [2.45, 2.75) is 19.0 Å². The van der Waals surface area contributed by atoms with Gasteiger partial charge in [0, 0.05) is 16.6 Å². The third kappa shape index (κ3) is 4.31. The number of rotatable bonds is 4. The van der Waals surface area contributed by atoms with Gasteiger partial charge >= 0.3 is 0 Å². The zero-order valence-electron chi connectivity index (χ0n) is 12.5. The summed E-state index contributed by atoms with van der Waals surface area (Å²) in [5.74, 6) is 0.418. The number of thiocarbonyl (C=S) groups is 1. The Morgan fingerprint density at radius 1 is 1.26 bits per heavy atom. The number of benzene rings is 1. The molecule has 1 aliphatic rings. The Balaban J connectivity index is 1.78. The normalized spacial score (nSPS) is 19.4. The van der Waals surface area contributed by atoms with Crippen LogP contribution in [-0.2, 0) is 16.4 Å². The van der Waals surface area contributed by atoms with Gasteiger partial charge in [0.15, 0.2) is 14.9 Å². The van der Waals surface area contributed by atoms with Crippen LogP contribution in [0.15, 0.2) is 47.8 Å². The van der Waals surface area contributed by atoms with Crippen molar-refractivity contribution in [3.05, 3.63) is 52.7 Å². The molecule has 122 valence electrons. The average Bonchev–Trinajstić information content (AvgIpc) is 3.15. The van der Waals surface area contributed by atoms with E-state index in [9.17, 15) is 8.42 Å². The molecule has 1 aromatic carbocycles. The number of hydrogen-bond donors (Lipinski definition) is 1. The molecule has 0 spiro atoms. The van der Waals surface area contributed by atoms with E-state index in [2.05, 4.69) is 5.32 Å². The summed E-state index contributed by atoms with van der Waals surface area (Å²) in [7, 11) is -2.95. The van der Waals surface area contributed by atoms with Crippen LogP contribution in [0, 0.1) is 0 Å². The van der Waals surface area contributed by atoms with Crippen LogP contribution in [0.4, 0.5) is 5.69 Å². The van der Waals surface area contributed by atoms with Gasteiger partial charge in [-0.3, -0.25) is 0 Å². The minimum absolute atomic E-state index is 0.0641. The second kappa shape index (κ2) is 6.98. The molecule has 1 atom stereocenters. The Labute approximate surface area is 146 Å². The summed E-state index contributed by atoms with van der Waals surface area (Å²) in [4.78, 5) is 3.19. The van der Waals surface area contributed by atoms with Crippen molar-refractivity contribution >= 4 is 44.2 Å². The van der Waals surface area contributed by atoms with E-state index in [0.717, 1.165) is 5.69 Å². The molecule has 1 saturated heterocycles. The zero-order chi connectivity index (χ0) is 16.3. The molecule has 7 heteroatoms. The van der Waals surface area contributed by atoms with Crippen LogP contribution in [0.3, 0.4) is 0 Å². The van der Waals surface area contributed by atoms with Crippen LogP contribution >= 0.6 is 23.6 Å². The summed E-state index contributed by atoms with van der Waals surface area (Å²) in [6, 6.07) is 13.7. The van der Waals surface area contributed by atoms with E-state index in [1.165, 1.54) is 4.88 Å². The smallest absolute Gasteiger partial charge is 0.174 e. The molecule has 23 heavy (non-hydrogen) atoms. The Hall–Kier alpha value is -1.44. The Kier molecular flexibility index (Phi) is 4.99. The number of hydrogen-bond acceptors (Lipinski definition) is 4. The van der Waals surface area contributed by atoms with E-state index in [0.29, 0.717) is 18.1 Å². The predicted octanol–water partition coefficient (Wildman–Crippen LogP) is 3.13. The molecule has 1 aromatic heterocycles. The monoisotopic (exact) mass is 366 g/mol. The highest BCUT2D eigenvalue weighted by molar-refractivity contribution is 7.91. The van der Waals surface area contributed by atoms with E-state index in [4.69, 9.17) is 12.2 Å². The van der Waals surface area contributed by atoms with E-state index in [1.54, 1.807) is 11.3 Å². The number of anilines is 1. The standard InChI is InChI=1S/C16H18N2O2S3/c19-23(20)10-8-14(12-23)18(11-15-7-4-9-22-15)16(21)17-13-5-2-1-3-6-13/h1-7,9,14H,8,10-12H2,(H,17,21). The van der Waals surface area contributed by atoms with Crippen molar-refractivity contribution in [2.75, 3.05) is 16.8 Å². The van der Waals surface area contributed by atoms with Gasteiger partial charge in [-0.1, -0.05) is 24.3 Å². The van der Waals surface area contributed by atoms with Crippen LogP contribution in [0.2, 0.25) is 0 Å². The highest BCUT2D eigenvalue weighted by Crippen LogP contribution is 2.23. The van der Waals surface area contributed by atoms with Gasteiger partial charge in [0.2, 0.25) is 0 Å². The van der Waals surface area contributed by atoms with Crippen molar-refractivity contribution < 1.29 is 8.42 Å². The van der Waals surface area contributed by atoms with Crippen molar-refractivity contribution in [1.29, 1.82) is 0 Å². The topological polar surface area (TPSA) is 49.4 Å². The Morgan fingerprint density at radius 2 is 2.04 bits per heavy atom. The van der Waals surface area contributed by atoms with Crippen LogP contribution < -0.4 is 5.32 Å². The molecular formula is C16H18N2O2S3. The van der Waals surface area contributed by atoms with Crippen LogP contribution in [-0.4, -0.2) is 36.0 Å². The molecule has 0 aliphatic carbocycles. The molecule has 0 bridgehead atoms. The van der Waals surface area contributed by atoms with Gasteiger partial charge in [-0.05, 0) is 42.2 Å². The first-order valence-corrected chi connectivity index (χ1v) is 10.5. The third-order valence-corrected chi connectivity index (χ3v) is 6.79. The second-order valence-corrected chi connectivity index (χ2v) is 9.21. The molecule has 0 saturated carbocycles. The van der Waals surface area contributed by atoms with Gasteiger partial charge in [-0.15, -0.1) is 11.3 Å². The molecule has 0 amide bonds. The maximum absolute atomic E-state index is 11.8. The first-order valence-electron chi connectivity index (χ1n) is 7.39. The number of para-hydroxylation sites is 1. The van der Waals surface area contributed by atoms with Crippen LogP contribution in [0.25, 0.3) is 0 Å². The Morgan fingerprint density at radius 3 is 2.65 bits per heavy atom. The molecule has 1 N–H and O–H groups in total. The lowest BCUT2D eigenvalue weighted by Crippen LogP contribution is -2.42. The average molecular weight is 367 g/mol. The Bertz CT molecular complexity index is 758. The summed E-state index contributed by atoms with van der Waals surface area (Å²) >= 11 is 7.22. The van der Waals surface area contributed by atoms with Gasteiger partial charge in [0.05, 0.1) is 18.1 Å². The molecule has 1 aliphatic heterocycles. The molecule has 2 heterocycles. The van der Waals surface area contributed by atoms with Crippen LogP contribution in [0.1, 0.15) is 11.3 Å². The third-order valence-electron chi connectivity index (χ3n) is 3.84. The van der Waals surface area contributed by atoms with E-state index in [-0.39, 0.29) is 17.5 Å². The lowest BCUT2D eigenvalue weighted by molar-refractivity contribution is 0.335. The van der Waals surface area contributed by atoms with Gasteiger partial charge in [-0.2, -0.15) is 0 Å². The quantitative estimate of drug-likeness (QED) is 0.843. The molecule has 3 rings (SSSR count). The van der Waals surface area contributed by atoms with Gasteiger partial charge in [-0.25, -0.2) is 8.42 Å². The van der Waals surface area contributed by atoms with Crippen molar-refractivity contribution in [2.24, 2.45) is 0 Å². The molecule has 1 fully saturated rings. The summed E-state index contributed by atoms with van der Waals surface area (Å²) in [6.07, 6.45) is 0.629. The fraction of sp³-hybridized carbons (Fsp3) is 0.312. The van der Waals surface area contributed by atoms with Gasteiger partial charge < -0.3 is 10.2 Å². The summed E-state index contributed by atoms with van der Waals surface area (Å²) in [6.45, 7) is 0.635. The summed E-state index contributed by atoms with van der Waals surface area (Å²) in [5, 5.41) is 5.82. The van der Waals surface area contributed by atoms with Crippen molar-refractivity contribution in [3.8, 4) is 0 Å². The van der Waals surface area contributed by atoms with Gasteiger partial charge in [0.25, 0.3) is 0 Å². The first kappa shape index (κ1) is 16.4. The van der Waals surface area contributed by atoms with E-state index < -0.39 is 9.84 Å². The second-order valence-electron chi connectivity index (χ2n) is 5.56. The summed E-state index contributed by atoms with van der Waals surface area (Å²) < 4.78 is 23.7. The molecular weight excluding hydrogens is 348 g/mol. The van der Waals surface area contributed by atoms with E-state index >= 15 is 0 Å². The minimum atomic E-state index is -2.95. The largest absolute Gasteiger partial charge is 0.340 e. The van der Waals surface area contributed by atoms with Crippen molar-refractivity contribution in [3.63, 3.8) is 0 Å². The predicted molar refractivity (Wildman–Crippen MR) is 99.6 cm³/mol. The number of nitrogens with zero attached hydrogens (tertiary/aromatic N) is 1. The minimum Gasteiger partial charge on any atom is -0.340 e. The van der Waals surface area contributed by atoms with E-state index in [1.807, 2.05) is 52.7 Å². The maximum atomic E-state index is 11.8. The lowest BCUT2D eigenvalue weighted by Gasteiger charge is -2.30. The molecule has 2 aromatic rings. The lowest BCUT2D eigenvalue weighted by atomic mass is 10.2. The number of nitrogens with one attached hydrogen (secondary N) is 1. The fourth-order valence-corrected chi connectivity index (χ4v) is 5.44. The molecule has 1 unspecified atom stereocenters. The highest BCUT2D eigenvalue weighted by Gasteiger charge is 2.33. The zero-order valence-corrected chi connectivity index (χ0v) is 15.0. The molecule has 4 nitrogen and oxygen atoms in total. The highest BCUT2D eigenvalue weighted by atomic mass is 32.2.